The normalized spacial score (nSPS) is 11.8. The highest BCUT2D eigenvalue weighted by atomic mass is 16.6. The van der Waals surface area contributed by atoms with Crippen LogP contribution in [0.15, 0.2) is 0 Å². The molecular formula is C9H18N3O2+. The van der Waals surface area contributed by atoms with Crippen molar-refractivity contribution >= 4 is 6.09 Å². The Hall–Kier alpha value is -1.31. The van der Waals surface area contributed by atoms with Crippen molar-refractivity contribution in [3.8, 4) is 0 Å². The Labute approximate surface area is 84.6 Å². The van der Waals surface area contributed by atoms with Crippen LogP contribution in [0.3, 0.4) is 0 Å². The molecule has 0 aromatic rings. The van der Waals surface area contributed by atoms with E-state index < -0.39 is 17.2 Å². The van der Waals surface area contributed by atoms with Gasteiger partial charge in [0.25, 0.3) is 5.39 Å². The number of carbonyl (C=O) groups excluding carboxylic acids is 1. The summed E-state index contributed by atoms with van der Waals surface area (Å²) >= 11 is 0. The number of nitrogens with zero attached hydrogens (tertiary/aromatic N) is 3. The molecule has 0 rings (SSSR count). The van der Waals surface area contributed by atoms with Gasteiger partial charge in [-0.1, -0.05) is 0 Å². The highest BCUT2D eigenvalue weighted by Crippen LogP contribution is 2.18. The largest absolute Gasteiger partial charge is 0.481 e. The van der Waals surface area contributed by atoms with E-state index in [1.165, 1.54) is 0 Å². The van der Waals surface area contributed by atoms with Crippen molar-refractivity contribution < 1.29 is 9.53 Å². The molecule has 0 radical (unpaired) electrons. The van der Waals surface area contributed by atoms with Gasteiger partial charge < -0.3 is 4.74 Å². The molecule has 14 heavy (non-hydrogen) atoms. The highest BCUT2D eigenvalue weighted by Gasteiger charge is 2.40. The lowest BCUT2D eigenvalue weighted by molar-refractivity contribution is 0.0182. The van der Waals surface area contributed by atoms with Gasteiger partial charge in [0.15, 0.2) is 0 Å². The van der Waals surface area contributed by atoms with Gasteiger partial charge in [0.1, 0.15) is 11.1 Å². The molecule has 0 bridgehead atoms. The zero-order valence-electron chi connectivity index (χ0n) is 9.66. The molecule has 0 N–H and O–H groups in total. The lowest BCUT2D eigenvalue weighted by atomic mass is 10.1. The van der Waals surface area contributed by atoms with Crippen molar-refractivity contribution in [1.82, 2.24) is 5.01 Å². The molecule has 0 aliphatic heterocycles. The van der Waals surface area contributed by atoms with E-state index in [2.05, 4.69) is 5.08 Å². The van der Waals surface area contributed by atoms with Crippen molar-refractivity contribution in [1.29, 1.82) is 5.39 Å². The summed E-state index contributed by atoms with van der Waals surface area (Å²) in [5, 5.41) is 12.5. The molecular weight excluding hydrogens is 182 g/mol. The van der Waals surface area contributed by atoms with Crippen LogP contribution in [0.4, 0.5) is 4.79 Å². The van der Waals surface area contributed by atoms with Gasteiger partial charge in [0.05, 0.1) is 5.01 Å². The molecule has 0 aromatic heterocycles. The van der Waals surface area contributed by atoms with Crippen LogP contribution in [0, 0.1) is 5.39 Å². The number of hydrogen-bond acceptors (Lipinski definition) is 3. The van der Waals surface area contributed by atoms with Crippen LogP contribution < -0.4 is 0 Å². The first kappa shape index (κ1) is 12.7. The molecule has 1 amide bonds. The fourth-order valence-corrected chi connectivity index (χ4v) is 0.750. The van der Waals surface area contributed by atoms with E-state index in [1.807, 2.05) is 0 Å². The van der Waals surface area contributed by atoms with E-state index in [0.29, 0.717) is 0 Å². The van der Waals surface area contributed by atoms with Crippen molar-refractivity contribution in [2.24, 2.45) is 0 Å². The van der Waals surface area contributed by atoms with Gasteiger partial charge in [-0.05, 0) is 41.5 Å². The number of rotatable bonds is 0. The van der Waals surface area contributed by atoms with E-state index in [4.69, 9.17) is 10.1 Å². The molecule has 0 aliphatic carbocycles. The van der Waals surface area contributed by atoms with Gasteiger partial charge in [0.2, 0.25) is 0 Å². The second kappa shape index (κ2) is 3.82. The van der Waals surface area contributed by atoms with E-state index in [-0.39, 0.29) is 0 Å². The molecule has 0 aromatic carbocycles. The SMILES string of the molecule is CC(C)(C)OC(=O)N([N+]#N)C(C)(C)C. The first-order chi connectivity index (χ1) is 6.08. The topological polar surface area (TPSA) is 57.7 Å². The third-order valence-corrected chi connectivity index (χ3v) is 1.29. The van der Waals surface area contributed by atoms with Crippen LogP contribution in [0.25, 0.3) is 5.08 Å². The molecule has 80 valence electrons. The Morgan fingerprint density at radius 3 is 1.86 bits per heavy atom. The fourth-order valence-electron chi connectivity index (χ4n) is 0.750. The molecule has 0 unspecified atom stereocenters. The quantitative estimate of drug-likeness (QED) is 0.446. The van der Waals surface area contributed by atoms with Crippen LogP contribution in [-0.4, -0.2) is 22.2 Å². The Kier molecular flexibility index (Phi) is 3.47. The molecule has 0 atom stereocenters. The number of hydrogen-bond donors (Lipinski definition) is 0. The third-order valence-electron chi connectivity index (χ3n) is 1.29. The predicted octanol–water partition coefficient (Wildman–Crippen LogP) is 2.79. The first-order valence-corrected chi connectivity index (χ1v) is 4.46. The third kappa shape index (κ3) is 4.08. The Balaban J connectivity index is 4.61. The van der Waals surface area contributed by atoms with Crippen molar-refractivity contribution in [3.05, 3.63) is 5.08 Å². The van der Waals surface area contributed by atoms with Crippen LogP contribution in [-0.2, 0) is 4.74 Å². The molecule has 5 nitrogen and oxygen atoms in total. The summed E-state index contributed by atoms with van der Waals surface area (Å²) in [6.45, 7) is 10.5. The molecule has 0 saturated carbocycles. The van der Waals surface area contributed by atoms with E-state index in [1.54, 1.807) is 41.5 Å². The summed E-state index contributed by atoms with van der Waals surface area (Å²) in [6.07, 6.45) is -0.660. The molecule has 0 aliphatic rings. The first-order valence-electron chi connectivity index (χ1n) is 4.46. The zero-order valence-corrected chi connectivity index (χ0v) is 9.66. The minimum absolute atomic E-state index is 0.592. The van der Waals surface area contributed by atoms with Gasteiger partial charge in [-0.3, -0.25) is 0 Å². The lowest BCUT2D eigenvalue weighted by Gasteiger charge is -2.23. The average Bonchev–Trinajstić information content (AvgIpc) is 1.79. The van der Waals surface area contributed by atoms with Crippen molar-refractivity contribution in [2.45, 2.75) is 52.7 Å². The monoisotopic (exact) mass is 200 g/mol. The maximum atomic E-state index is 11.5. The van der Waals surface area contributed by atoms with Gasteiger partial charge >= 0.3 is 11.2 Å². The van der Waals surface area contributed by atoms with Crippen LogP contribution in [0.5, 0.6) is 0 Å². The number of ether oxygens (including phenoxy) is 1. The van der Waals surface area contributed by atoms with Crippen LogP contribution in [0.1, 0.15) is 41.5 Å². The second-order valence-corrected chi connectivity index (χ2v) is 5.05. The van der Waals surface area contributed by atoms with Crippen LogP contribution in [0.2, 0.25) is 0 Å². The fraction of sp³-hybridized carbons (Fsp3) is 0.889. The summed E-state index contributed by atoms with van der Waals surface area (Å²) in [7, 11) is 0. The maximum Gasteiger partial charge on any atom is 0.481 e. The predicted molar refractivity (Wildman–Crippen MR) is 52.9 cm³/mol. The Morgan fingerprint density at radius 1 is 1.21 bits per heavy atom. The average molecular weight is 200 g/mol. The summed E-state index contributed by atoms with van der Waals surface area (Å²) < 4.78 is 5.05. The van der Waals surface area contributed by atoms with E-state index >= 15 is 0 Å². The molecule has 5 heteroatoms. The molecule has 0 heterocycles. The van der Waals surface area contributed by atoms with Crippen molar-refractivity contribution in [2.75, 3.05) is 0 Å². The summed E-state index contributed by atoms with van der Waals surface area (Å²) in [6, 6.07) is 0. The van der Waals surface area contributed by atoms with Gasteiger partial charge in [-0.15, -0.1) is 0 Å². The number of diazo groups is 1. The van der Waals surface area contributed by atoms with E-state index in [9.17, 15) is 4.79 Å². The minimum Gasteiger partial charge on any atom is -0.439 e. The smallest absolute Gasteiger partial charge is 0.439 e. The summed E-state index contributed by atoms with van der Waals surface area (Å²) in [5.74, 6) is 0. The van der Waals surface area contributed by atoms with Crippen molar-refractivity contribution in [3.63, 3.8) is 0 Å². The summed E-state index contributed by atoms with van der Waals surface area (Å²) in [5.41, 5.74) is -1.19. The highest BCUT2D eigenvalue weighted by molar-refractivity contribution is 5.69. The van der Waals surface area contributed by atoms with E-state index in [0.717, 1.165) is 5.01 Å². The van der Waals surface area contributed by atoms with Gasteiger partial charge in [-0.25, -0.2) is 4.79 Å². The molecule has 0 fully saturated rings. The Morgan fingerprint density at radius 2 is 1.64 bits per heavy atom. The molecule has 0 saturated heterocycles. The zero-order chi connectivity index (χ0) is 11.6. The second-order valence-electron chi connectivity index (χ2n) is 5.05. The molecule has 0 spiro atoms. The van der Waals surface area contributed by atoms with Crippen LogP contribution >= 0.6 is 0 Å². The Bertz CT molecular complexity index is 255. The standard InChI is InChI=1S/C9H18N3O2/c1-8(2,3)12(11-10)7(13)14-9(4,5)6/h1-6H3/q+1. The summed E-state index contributed by atoms with van der Waals surface area (Å²) in [4.78, 5) is 11.5. The van der Waals surface area contributed by atoms with Gasteiger partial charge in [0, 0.05) is 0 Å². The van der Waals surface area contributed by atoms with Gasteiger partial charge in [-0.2, -0.15) is 0 Å². The number of carbonyl (C=O) groups is 1. The minimum atomic E-state index is -0.660. The number of amides is 1. The lowest BCUT2D eigenvalue weighted by Crippen LogP contribution is -2.43. The maximum absolute atomic E-state index is 11.5.